The smallest absolute Gasteiger partial charge is 0.122 e. The molecule has 0 spiro atoms. The lowest BCUT2D eigenvalue weighted by Crippen LogP contribution is -2.05. The van der Waals surface area contributed by atoms with E-state index in [-0.39, 0.29) is 0 Å². The van der Waals surface area contributed by atoms with E-state index in [9.17, 15) is 0 Å². The van der Waals surface area contributed by atoms with Crippen LogP contribution >= 0.6 is 11.6 Å². The number of benzene rings is 1. The molecule has 0 aliphatic heterocycles. The zero-order valence-corrected chi connectivity index (χ0v) is 10.8. The standard InChI is InChI=1S/C13H20ClNO/c1-3-10(5-4-8-15)12-9-11(14)6-7-13(12)16-2/h6-7,9-10H,3-5,8,15H2,1-2H3. The van der Waals surface area contributed by atoms with Gasteiger partial charge in [-0.3, -0.25) is 0 Å². The lowest BCUT2D eigenvalue weighted by Gasteiger charge is -2.18. The molecule has 2 nitrogen and oxygen atoms in total. The van der Waals surface area contributed by atoms with Crippen molar-refractivity contribution in [3.8, 4) is 5.75 Å². The summed E-state index contributed by atoms with van der Waals surface area (Å²) < 4.78 is 5.37. The molecule has 0 aliphatic rings. The highest BCUT2D eigenvalue weighted by Crippen LogP contribution is 2.34. The molecule has 2 N–H and O–H groups in total. The van der Waals surface area contributed by atoms with Crippen molar-refractivity contribution in [1.29, 1.82) is 0 Å². The maximum absolute atomic E-state index is 6.03. The molecule has 0 aromatic heterocycles. The van der Waals surface area contributed by atoms with Crippen LogP contribution in [-0.4, -0.2) is 13.7 Å². The summed E-state index contributed by atoms with van der Waals surface area (Å²) in [6, 6.07) is 5.80. The fourth-order valence-electron chi connectivity index (χ4n) is 1.97. The molecular weight excluding hydrogens is 222 g/mol. The predicted octanol–water partition coefficient (Wildman–Crippen LogP) is 3.58. The summed E-state index contributed by atoms with van der Waals surface area (Å²) in [5, 5.41) is 0.766. The number of halogens is 1. The first-order valence-corrected chi connectivity index (χ1v) is 6.14. The Balaban J connectivity index is 2.92. The number of rotatable bonds is 6. The van der Waals surface area contributed by atoms with Crippen molar-refractivity contribution in [2.24, 2.45) is 5.73 Å². The molecule has 1 aromatic carbocycles. The van der Waals surface area contributed by atoms with Gasteiger partial charge in [0.15, 0.2) is 0 Å². The quantitative estimate of drug-likeness (QED) is 0.826. The van der Waals surface area contributed by atoms with E-state index in [1.54, 1.807) is 7.11 Å². The second kappa shape index (κ2) is 6.77. The van der Waals surface area contributed by atoms with Gasteiger partial charge in [-0.25, -0.2) is 0 Å². The molecule has 0 saturated heterocycles. The van der Waals surface area contributed by atoms with E-state index < -0.39 is 0 Å². The van der Waals surface area contributed by atoms with Gasteiger partial charge in [-0.1, -0.05) is 18.5 Å². The van der Waals surface area contributed by atoms with Crippen LogP contribution in [-0.2, 0) is 0 Å². The number of nitrogens with two attached hydrogens (primary N) is 1. The van der Waals surface area contributed by atoms with Crippen LogP contribution in [0.25, 0.3) is 0 Å². The Morgan fingerprint density at radius 3 is 2.75 bits per heavy atom. The van der Waals surface area contributed by atoms with Gasteiger partial charge in [0.1, 0.15) is 5.75 Å². The second-order valence-electron chi connectivity index (χ2n) is 3.92. The van der Waals surface area contributed by atoms with Crippen molar-refractivity contribution in [2.45, 2.75) is 32.1 Å². The van der Waals surface area contributed by atoms with Crippen molar-refractivity contribution in [3.05, 3.63) is 28.8 Å². The molecule has 0 saturated carbocycles. The molecule has 90 valence electrons. The normalized spacial score (nSPS) is 12.5. The van der Waals surface area contributed by atoms with Gasteiger partial charge in [-0.2, -0.15) is 0 Å². The molecule has 1 aromatic rings. The summed E-state index contributed by atoms with van der Waals surface area (Å²) in [5.41, 5.74) is 6.75. The van der Waals surface area contributed by atoms with Crippen molar-refractivity contribution >= 4 is 11.6 Å². The molecule has 16 heavy (non-hydrogen) atoms. The summed E-state index contributed by atoms with van der Waals surface area (Å²) in [4.78, 5) is 0. The fourth-order valence-corrected chi connectivity index (χ4v) is 2.15. The van der Waals surface area contributed by atoms with Crippen LogP contribution in [0.4, 0.5) is 0 Å². The van der Waals surface area contributed by atoms with Crippen LogP contribution in [0.5, 0.6) is 5.75 Å². The SMILES string of the molecule is CCC(CCCN)c1cc(Cl)ccc1OC. The van der Waals surface area contributed by atoms with Gasteiger partial charge in [0.2, 0.25) is 0 Å². The molecule has 0 amide bonds. The van der Waals surface area contributed by atoms with E-state index in [1.165, 1.54) is 5.56 Å². The average molecular weight is 242 g/mol. The van der Waals surface area contributed by atoms with Crippen molar-refractivity contribution in [2.75, 3.05) is 13.7 Å². The zero-order valence-electron chi connectivity index (χ0n) is 10.0. The number of hydrogen-bond donors (Lipinski definition) is 1. The molecule has 0 bridgehead atoms. The Hall–Kier alpha value is -0.730. The lowest BCUT2D eigenvalue weighted by molar-refractivity contribution is 0.402. The molecule has 1 rings (SSSR count). The van der Waals surface area contributed by atoms with Gasteiger partial charge in [0, 0.05) is 5.02 Å². The maximum Gasteiger partial charge on any atom is 0.122 e. The van der Waals surface area contributed by atoms with E-state index in [1.807, 2.05) is 18.2 Å². The Labute approximate surface area is 103 Å². The van der Waals surface area contributed by atoms with Crippen LogP contribution in [0.3, 0.4) is 0 Å². The summed E-state index contributed by atoms with van der Waals surface area (Å²) in [5.74, 6) is 1.41. The van der Waals surface area contributed by atoms with Crippen LogP contribution in [0, 0.1) is 0 Å². The van der Waals surface area contributed by atoms with Crippen molar-refractivity contribution < 1.29 is 4.74 Å². The summed E-state index contributed by atoms with van der Waals surface area (Å²) in [7, 11) is 1.70. The van der Waals surface area contributed by atoms with E-state index >= 15 is 0 Å². The Bertz CT molecular complexity index is 328. The zero-order chi connectivity index (χ0) is 12.0. The Morgan fingerprint density at radius 1 is 1.44 bits per heavy atom. The molecule has 1 unspecified atom stereocenters. The van der Waals surface area contributed by atoms with Gasteiger partial charge >= 0.3 is 0 Å². The van der Waals surface area contributed by atoms with Gasteiger partial charge in [-0.15, -0.1) is 0 Å². The third-order valence-electron chi connectivity index (χ3n) is 2.88. The van der Waals surface area contributed by atoms with Crippen LogP contribution in [0.2, 0.25) is 5.02 Å². The Kier molecular flexibility index (Phi) is 5.64. The van der Waals surface area contributed by atoms with Crippen molar-refractivity contribution in [1.82, 2.24) is 0 Å². The molecule has 0 fully saturated rings. The largest absolute Gasteiger partial charge is 0.496 e. The first-order chi connectivity index (χ1) is 7.72. The molecule has 0 aliphatic carbocycles. The lowest BCUT2D eigenvalue weighted by atomic mass is 9.91. The monoisotopic (exact) mass is 241 g/mol. The molecule has 0 radical (unpaired) electrons. The topological polar surface area (TPSA) is 35.2 Å². The number of ether oxygens (including phenoxy) is 1. The molecule has 0 heterocycles. The fraction of sp³-hybridized carbons (Fsp3) is 0.538. The Morgan fingerprint density at radius 2 is 2.19 bits per heavy atom. The summed E-state index contributed by atoms with van der Waals surface area (Å²) >= 11 is 6.03. The van der Waals surface area contributed by atoms with Crippen molar-refractivity contribution in [3.63, 3.8) is 0 Å². The summed E-state index contributed by atoms with van der Waals surface area (Å²) in [6.07, 6.45) is 3.20. The predicted molar refractivity (Wildman–Crippen MR) is 69.3 cm³/mol. The summed E-state index contributed by atoms with van der Waals surface area (Å²) in [6.45, 7) is 2.92. The van der Waals surface area contributed by atoms with Gasteiger partial charge in [-0.05, 0) is 55.5 Å². The van der Waals surface area contributed by atoms with Gasteiger partial charge in [0.25, 0.3) is 0 Å². The minimum Gasteiger partial charge on any atom is -0.496 e. The van der Waals surface area contributed by atoms with E-state index in [0.29, 0.717) is 5.92 Å². The van der Waals surface area contributed by atoms with Crippen LogP contribution in [0.1, 0.15) is 37.7 Å². The highest BCUT2D eigenvalue weighted by Gasteiger charge is 2.14. The molecular formula is C13H20ClNO. The minimum absolute atomic E-state index is 0.484. The van der Waals surface area contributed by atoms with Crippen LogP contribution in [0.15, 0.2) is 18.2 Å². The number of hydrogen-bond acceptors (Lipinski definition) is 2. The number of methoxy groups -OCH3 is 1. The first-order valence-electron chi connectivity index (χ1n) is 5.76. The maximum atomic E-state index is 6.03. The molecule has 1 atom stereocenters. The first kappa shape index (κ1) is 13.3. The van der Waals surface area contributed by atoms with E-state index in [2.05, 4.69) is 6.92 Å². The highest BCUT2D eigenvalue weighted by atomic mass is 35.5. The third kappa shape index (κ3) is 3.39. The average Bonchev–Trinajstić information content (AvgIpc) is 2.30. The minimum atomic E-state index is 0.484. The van der Waals surface area contributed by atoms with Crippen LogP contribution < -0.4 is 10.5 Å². The van der Waals surface area contributed by atoms with E-state index in [4.69, 9.17) is 22.1 Å². The molecule has 3 heteroatoms. The van der Waals surface area contributed by atoms with E-state index in [0.717, 1.165) is 36.6 Å². The highest BCUT2D eigenvalue weighted by molar-refractivity contribution is 6.30. The second-order valence-corrected chi connectivity index (χ2v) is 4.36. The van der Waals surface area contributed by atoms with Gasteiger partial charge in [0.05, 0.1) is 7.11 Å². The third-order valence-corrected chi connectivity index (χ3v) is 3.12. The van der Waals surface area contributed by atoms with Gasteiger partial charge < -0.3 is 10.5 Å².